The van der Waals surface area contributed by atoms with Gasteiger partial charge in [-0.05, 0) is 30.7 Å². The third kappa shape index (κ3) is 7.20. The number of carbonyl (C=O) groups excluding carboxylic acids is 1. The molecule has 1 aromatic rings. The van der Waals surface area contributed by atoms with Crippen LogP contribution in [0.25, 0.3) is 0 Å². The van der Waals surface area contributed by atoms with Crippen molar-refractivity contribution >= 4 is 18.3 Å². The second-order valence-electron chi connectivity index (χ2n) is 6.73. The van der Waals surface area contributed by atoms with Gasteiger partial charge in [-0.15, -0.1) is 12.4 Å². The minimum atomic E-state index is -1.09. The molecule has 1 unspecified atom stereocenters. The second kappa shape index (κ2) is 11.5. The normalized spacial score (nSPS) is 17.6. The van der Waals surface area contributed by atoms with E-state index in [0.29, 0.717) is 12.5 Å². The number of amides is 1. The Hall–Kier alpha value is -1.10. The molecule has 2 rings (SSSR count). The third-order valence-electron chi connectivity index (χ3n) is 4.79. The number of rotatable bonds is 8. The molecule has 0 bridgehead atoms. The van der Waals surface area contributed by atoms with Gasteiger partial charge in [-0.1, -0.05) is 62.4 Å². The van der Waals surface area contributed by atoms with Gasteiger partial charge in [-0.25, -0.2) is 0 Å². The molecule has 4 N–H and O–H groups in total. The van der Waals surface area contributed by atoms with E-state index in [1.165, 1.54) is 37.7 Å². The number of nitrogens with one attached hydrogen (secondary N) is 1. The molecule has 1 fully saturated rings. The van der Waals surface area contributed by atoms with Gasteiger partial charge in [-0.2, -0.15) is 0 Å². The van der Waals surface area contributed by atoms with Crippen molar-refractivity contribution in [2.75, 3.05) is 6.54 Å². The van der Waals surface area contributed by atoms with Crippen molar-refractivity contribution in [3.05, 3.63) is 35.9 Å². The summed E-state index contributed by atoms with van der Waals surface area (Å²) in [6.45, 7) is 0.570. The molecule has 1 amide bonds. The third-order valence-corrected chi connectivity index (χ3v) is 4.79. The summed E-state index contributed by atoms with van der Waals surface area (Å²) < 4.78 is 0. The number of carbonyl (C=O) groups is 1. The summed E-state index contributed by atoms with van der Waals surface area (Å²) >= 11 is 0. The molecule has 0 heterocycles. The number of hydrogen-bond acceptors (Lipinski definition) is 3. The minimum absolute atomic E-state index is 0. The number of nitrogens with two attached hydrogens (primary N) is 1. The Kier molecular flexibility index (Phi) is 9.99. The summed E-state index contributed by atoms with van der Waals surface area (Å²) in [5, 5.41) is 12.9. The van der Waals surface area contributed by atoms with Crippen molar-refractivity contribution in [2.24, 2.45) is 11.7 Å². The van der Waals surface area contributed by atoms with E-state index < -0.39 is 12.1 Å². The standard InChI is InChI=1S/C19H30N2O2.ClH/c20-17(14-16-10-5-2-6-11-16)18(22)19(23)21-13-7-12-15-8-3-1-4-9-15;/h1,3-4,8-9,16-18,22H,2,5-7,10-14,20H2,(H,21,23);1H/t17-,18?;/m1./s1. The molecule has 0 spiro atoms. The predicted octanol–water partition coefficient (Wildman–Crippen LogP) is 2.82. The van der Waals surface area contributed by atoms with E-state index in [1.807, 2.05) is 18.2 Å². The Morgan fingerprint density at radius 1 is 1.21 bits per heavy atom. The molecule has 0 aromatic heterocycles. The Balaban J connectivity index is 0.00000288. The number of hydrogen-bond donors (Lipinski definition) is 3. The van der Waals surface area contributed by atoms with Crippen LogP contribution in [0.3, 0.4) is 0 Å². The Labute approximate surface area is 151 Å². The van der Waals surface area contributed by atoms with Crippen LogP contribution in [0.15, 0.2) is 30.3 Å². The highest BCUT2D eigenvalue weighted by Gasteiger charge is 2.26. The highest BCUT2D eigenvalue weighted by atomic mass is 35.5. The topological polar surface area (TPSA) is 75.3 Å². The van der Waals surface area contributed by atoms with Crippen LogP contribution in [-0.2, 0) is 11.2 Å². The maximum Gasteiger partial charge on any atom is 0.250 e. The molecule has 1 aromatic carbocycles. The van der Waals surface area contributed by atoms with Crippen LogP contribution in [0.4, 0.5) is 0 Å². The quantitative estimate of drug-likeness (QED) is 0.628. The van der Waals surface area contributed by atoms with Gasteiger partial charge >= 0.3 is 0 Å². The lowest BCUT2D eigenvalue weighted by molar-refractivity contribution is -0.130. The van der Waals surface area contributed by atoms with E-state index in [2.05, 4.69) is 17.4 Å². The van der Waals surface area contributed by atoms with Gasteiger partial charge < -0.3 is 16.2 Å². The number of aryl methyl sites for hydroxylation is 1. The van der Waals surface area contributed by atoms with Gasteiger partial charge in [0.1, 0.15) is 6.10 Å². The zero-order chi connectivity index (χ0) is 16.5. The number of halogens is 1. The fourth-order valence-corrected chi connectivity index (χ4v) is 3.38. The Morgan fingerprint density at radius 2 is 1.88 bits per heavy atom. The molecule has 4 nitrogen and oxygen atoms in total. The van der Waals surface area contributed by atoms with Crippen molar-refractivity contribution in [3.63, 3.8) is 0 Å². The first-order valence-corrected chi connectivity index (χ1v) is 8.92. The first kappa shape index (κ1) is 20.9. The zero-order valence-electron chi connectivity index (χ0n) is 14.3. The lowest BCUT2D eigenvalue weighted by atomic mass is 9.84. The maximum absolute atomic E-state index is 12.0. The molecule has 0 aliphatic heterocycles. The molecule has 2 atom stereocenters. The average Bonchev–Trinajstić information content (AvgIpc) is 2.59. The van der Waals surface area contributed by atoms with Crippen LogP contribution in [0.1, 0.15) is 50.5 Å². The lowest BCUT2D eigenvalue weighted by Crippen LogP contribution is -2.47. The number of benzene rings is 1. The van der Waals surface area contributed by atoms with E-state index >= 15 is 0 Å². The summed E-state index contributed by atoms with van der Waals surface area (Å²) in [5.41, 5.74) is 7.29. The van der Waals surface area contributed by atoms with Crippen molar-refractivity contribution < 1.29 is 9.90 Å². The summed E-state index contributed by atoms with van der Waals surface area (Å²) in [4.78, 5) is 12.0. The number of aliphatic hydroxyl groups is 1. The van der Waals surface area contributed by atoms with E-state index in [0.717, 1.165) is 19.3 Å². The van der Waals surface area contributed by atoms with Crippen LogP contribution in [0.5, 0.6) is 0 Å². The van der Waals surface area contributed by atoms with Crippen LogP contribution >= 0.6 is 12.4 Å². The van der Waals surface area contributed by atoms with Gasteiger partial charge in [0.25, 0.3) is 0 Å². The summed E-state index contributed by atoms with van der Waals surface area (Å²) in [6, 6.07) is 9.74. The molecule has 24 heavy (non-hydrogen) atoms. The largest absolute Gasteiger partial charge is 0.382 e. The first-order chi connectivity index (χ1) is 11.2. The fraction of sp³-hybridized carbons (Fsp3) is 0.632. The van der Waals surface area contributed by atoms with E-state index in [1.54, 1.807) is 0 Å². The summed E-state index contributed by atoms with van der Waals surface area (Å²) in [5.74, 6) is 0.237. The van der Waals surface area contributed by atoms with Crippen LogP contribution in [0, 0.1) is 5.92 Å². The molecule has 1 aliphatic rings. The molecule has 0 saturated heterocycles. The molecule has 1 aliphatic carbocycles. The molecular weight excluding hydrogens is 324 g/mol. The van der Waals surface area contributed by atoms with Crippen LogP contribution in [-0.4, -0.2) is 29.7 Å². The summed E-state index contributed by atoms with van der Waals surface area (Å²) in [7, 11) is 0. The van der Waals surface area contributed by atoms with E-state index in [4.69, 9.17) is 5.73 Å². The first-order valence-electron chi connectivity index (χ1n) is 8.92. The molecule has 0 radical (unpaired) electrons. The maximum atomic E-state index is 12.0. The van der Waals surface area contributed by atoms with Gasteiger partial charge in [0, 0.05) is 12.6 Å². The molecule has 136 valence electrons. The monoisotopic (exact) mass is 354 g/mol. The van der Waals surface area contributed by atoms with Crippen LogP contribution in [0.2, 0.25) is 0 Å². The van der Waals surface area contributed by atoms with Crippen molar-refractivity contribution in [3.8, 4) is 0 Å². The minimum Gasteiger partial charge on any atom is -0.382 e. The highest BCUT2D eigenvalue weighted by Crippen LogP contribution is 2.27. The summed E-state index contributed by atoms with van der Waals surface area (Å²) in [6.07, 6.45) is 7.60. The van der Waals surface area contributed by atoms with Gasteiger partial charge in [0.15, 0.2) is 0 Å². The van der Waals surface area contributed by atoms with Crippen LogP contribution < -0.4 is 11.1 Å². The Bertz CT molecular complexity index is 464. The smallest absolute Gasteiger partial charge is 0.250 e. The van der Waals surface area contributed by atoms with E-state index in [9.17, 15) is 9.90 Å². The molecule has 5 heteroatoms. The Morgan fingerprint density at radius 3 is 2.54 bits per heavy atom. The number of aliphatic hydroxyl groups excluding tert-OH is 1. The van der Waals surface area contributed by atoms with Crippen molar-refractivity contribution in [2.45, 2.75) is 63.5 Å². The SMILES string of the molecule is Cl.N[C@H](CC1CCCCC1)C(O)C(=O)NCCCc1ccccc1. The predicted molar refractivity (Wildman–Crippen MR) is 100 cm³/mol. The lowest BCUT2D eigenvalue weighted by Gasteiger charge is -2.26. The van der Waals surface area contributed by atoms with Crippen molar-refractivity contribution in [1.82, 2.24) is 5.32 Å². The second-order valence-corrected chi connectivity index (χ2v) is 6.73. The van der Waals surface area contributed by atoms with E-state index in [-0.39, 0.29) is 18.3 Å². The van der Waals surface area contributed by atoms with Gasteiger partial charge in [-0.3, -0.25) is 4.79 Å². The van der Waals surface area contributed by atoms with Crippen molar-refractivity contribution in [1.29, 1.82) is 0 Å². The van der Waals surface area contributed by atoms with Gasteiger partial charge in [0.05, 0.1) is 0 Å². The average molecular weight is 355 g/mol. The zero-order valence-corrected chi connectivity index (χ0v) is 15.1. The molecule has 1 saturated carbocycles. The molecular formula is C19H31ClN2O2. The highest BCUT2D eigenvalue weighted by molar-refractivity contribution is 5.85. The van der Waals surface area contributed by atoms with Gasteiger partial charge in [0.2, 0.25) is 5.91 Å². The fourth-order valence-electron chi connectivity index (χ4n) is 3.38.